The lowest BCUT2D eigenvalue weighted by Crippen LogP contribution is -2.33. The normalized spacial score (nSPS) is 29.0. The monoisotopic (exact) mass is 240 g/mol. The van der Waals surface area contributed by atoms with Crippen LogP contribution in [0.4, 0.5) is 0 Å². The van der Waals surface area contributed by atoms with Crippen LogP contribution in [0, 0.1) is 5.92 Å². The molecular weight excluding hydrogens is 216 g/mol. The van der Waals surface area contributed by atoms with Gasteiger partial charge in [-0.2, -0.15) is 0 Å². The minimum atomic E-state index is 0.182. The average Bonchev–Trinajstić information content (AvgIpc) is 3.11. The van der Waals surface area contributed by atoms with Crippen LogP contribution in [0.1, 0.15) is 44.9 Å². The van der Waals surface area contributed by atoms with E-state index < -0.39 is 0 Å². The van der Waals surface area contributed by atoms with E-state index in [1.54, 1.807) is 0 Å². The summed E-state index contributed by atoms with van der Waals surface area (Å²) < 4.78 is 5.73. The van der Waals surface area contributed by atoms with Gasteiger partial charge in [-0.25, -0.2) is 0 Å². The van der Waals surface area contributed by atoms with E-state index >= 15 is 0 Å². The SMILES string of the molecule is NC1CCC(OCCNC(=O)CC2CC2)CC1. The molecule has 0 heterocycles. The first kappa shape index (κ1) is 12.8. The summed E-state index contributed by atoms with van der Waals surface area (Å²) in [7, 11) is 0. The largest absolute Gasteiger partial charge is 0.376 e. The maximum absolute atomic E-state index is 11.4. The Labute approximate surface area is 103 Å². The first-order valence-corrected chi connectivity index (χ1v) is 6.88. The summed E-state index contributed by atoms with van der Waals surface area (Å²) in [6.07, 6.45) is 7.79. The molecule has 0 aliphatic heterocycles. The fourth-order valence-corrected chi connectivity index (χ4v) is 2.33. The minimum Gasteiger partial charge on any atom is -0.376 e. The van der Waals surface area contributed by atoms with E-state index in [-0.39, 0.29) is 5.91 Å². The number of rotatable bonds is 6. The molecule has 17 heavy (non-hydrogen) atoms. The van der Waals surface area contributed by atoms with Crippen LogP contribution < -0.4 is 11.1 Å². The molecule has 2 fully saturated rings. The van der Waals surface area contributed by atoms with Gasteiger partial charge >= 0.3 is 0 Å². The molecule has 0 atom stereocenters. The lowest BCUT2D eigenvalue weighted by atomic mass is 9.94. The third kappa shape index (κ3) is 5.04. The number of hydrogen-bond donors (Lipinski definition) is 2. The van der Waals surface area contributed by atoms with E-state index in [2.05, 4.69) is 5.32 Å². The maximum atomic E-state index is 11.4. The number of amides is 1. The zero-order valence-corrected chi connectivity index (χ0v) is 10.5. The van der Waals surface area contributed by atoms with Gasteiger partial charge in [-0.1, -0.05) is 0 Å². The van der Waals surface area contributed by atoms with E-state index in [9.17, 15) is 4.79 Å². The fourth-order valence-electron chi connectivity index (χ4n) is 2.33. The molecule has 0 radical (unpaired) electrons. The van der Waals surface area contributed by atoms with Gasteiger partial charge in [0.2, 0.25) is 5.91 Å². The summed E-state index contributed by atoms with van der Waals surface area (Å²) >= 11 is 0. The number of nitrogens with one attached hydrogen (secondary N) is 1. The highest BCUT2D eigenvalue weighted by Crippen LogP contribution is 2.31. The first-order valence-electron chi connectivity index (χ1n) is 6.88. The fraction of sp³-hybridized carbons (Fsp3) is 0.923. The van der Waals surface area contributed by atoms with Gasteiger partial charge in [0, 0.05) is 19.0 Å². The highest BCUT2D eigenvalue weighted by molar-refractivity contribution is 5.76. The molecule has 0 bridgehead atoms. The molecule has 3 N–H and O–H groups in total. The highest BCUT2D eigenvalue weighted by Gasteiger charge is 2.24. The van der Waals surface area contributed by atoms with Crippen LogP contribution in [0.2, 0.25) is 0 Å². The van der Waals surface area contributed by atoms with Crippen molar-refractivity contribution in [2.75, 3.05) is 13.2 Å². The molecule has 0 unspecified atom stereocenters. The molecule has 1 amide bonds. The molecule has 0 aromatic rings. The van der Waals surface area contributed by atoms with Crippen molar-refractivity contribution in [1.82, 2.24) is 5.32 Å². The third-order valence-electron chi connectivity index (χ3n) is 3.67. The van der Waals surface area contributed by atoms with Crippen molar-refractivity contribution in [3.05, 3.63) is 0 Å². The molecule has 2 rings (SSSR count). The Morgan fingerprint density at radius 2 is 1.88 bits per heavy atom. The molecule has 0 spiro atoms. The zero-order chi connectivity index (χ0) is 12.1. The van der Waals surface area contributed by atoms with Crippen molar-refractivity contribution in [3.8, 4) is 0 Å². The average molecular weight is 240 g/mol. The Kier molecular flexibility index (Phi) is 4.80. The standard InChI is InChI=1S/C13H24N2O2/c14-11-3-5-12(6-4-11)17-8-7-15-13(16)9-10-1-2-10/h10-12H,1-9,14H2,(H,15,16). The molecule has 4 heteroatoms. The summed E-state index contributed by atoms with van der Waals surface area (Å²) in [5.41, 5.74) is 5.83. The Morgan fingerprint density at radius 1 is 1.18 bits per heavy atom. The molecule has 0 saturated heterocycles. The van der Waals surface area contributed by atoms with Crippen LogP contribution in [0.15, 0.2) is 0 Å². The van der Waals surface area contributed by atoms with Crippen LogP contribution in [-0.2, 0) is 9.53 Å². The number of carbonyl (C=O) groups excluding carboxylic acids is 1. The van der Waals surface area contributed by atoms with E-state index in [4.69, 9.17) is 10.5 Å². The van der Waals surface area contributed by atoms with E-state index in [1.165, 1.54) is 12.8 Å². The number of nitrogens with two attached hydrogens (primary N) is 1. The second-order valence-corrected chi connectivity index (χ2v) is 5.41. The topological polar surface area (TPSA) is 64.3 Å². The molecule has 0 aromatic carbocycles. The smallest absolute Gasteiger partial charge is 0.220 e. The summed E-state index contributed by atoms with van der Waals surface area (Å²) in [6.45, 7) is 1.28. The summed E-state index contributed by atoms with van der Waals surface area (Å²) in [6, 6.07) is 0.369. The minimum absolute atomic E-state index is 0.182. The van der Waals surface area contributed by atoms with Crippen LogP contribution in [0.25, 0.3) is 0 Å². The van der Waals surface area contributed by atoms with Crippen LogP contribution in [0.3, 0.4) is 0 Å². The second-order valence-electron chi connectivity index (χ2n) is 5.41. The Hall–Kier alpha value is -0.610. The predicted octanol–water partition coefficient (Wildman–Crippen LogP) is 1.19. The van der Waals surface area contributed by atoms with Crippen molar-refractivity contribution in [2.24, 2.45) is 11.7 Å². The Balaban J connectivity index is 1.46. The van der Waals surface area contributed by atoms with Gasteiger partial charge in [-0.3, -0.25) is 4.79 Å². The molecule has 98 valence electrons. The third-order valence-corrected chi connectivity index (χ3v) is 3.67. The van der Waals surface area contributed by atoms with E-state index in [0.717, 1.165) is 25.7 Å². The number of ether oxygens (including phenoxy) is 1. The quantitative estimate of drug-likeness (QED) is 0.685. The zero-order valence-electron chi connectivity index (χ0n) is 10.5. The molecule has 2 aliphatic rings. The Bertz CT molecular complexity index is 246. The van der Waals surface area contributed by atoms with Crippen molar-refractivity contribution in [3.63, 3.8) is 0 Å². The van der Waals surface area contributed by atoms with E-state index in [0.29, 0.717) is 37.6 Å². The van der Waals surface area contributed by atoms with Crippen molar-refractivity contribution < 1.29 is 9.53 Å². The molecule has 4 nitrogen and oxygen atoms in total. The van der Waals surface area contributed by atoms with Gasteiger partial charge in [-0.05, 0) is 44.4 Å². The van der Waals surface area contributed by atoms with Crippen LogP contribution in [-0.4, -0.2) is 31.2 Å². The first-order chi connectivity index (χ1) is 8.24. The van der Waals surface area contributed by atoms with Gasteiger partial charge in [0.25, 0.3) is 0 Å². The van der Waals surface area contributed by atoms with Gasteiger partial charge in [0.15, 0.2) is 0 Å². The lowest BCUT2D eigenvalue weighted by Gasteiger charge is -2.26. The summed E-state index contributed by atoms with van der Waals surface area (Å²) in [5, 5.41) is 2.91. The van der Waals surface area contributed by atoms with Gasteiger partial charge in [0.05, 0.1) is 12.7 Å². The number of carbonyl (C=O) groups is 1. The number of hydrogen-bond acceptors (Lipinski definition) is 3. The van der Waals surface area contributed by atoms with Crippen molar-refractivity contribution in [1.29, 1.82) is 0 Å². The second kappa shape index (κ2) is 6.36. The lowest BCUT2D eigenvalue weighted by molar-refractivity contribution is -0.121. The highest BCUT2D eigenvalue weighted by atomic mass is 16.5. The molecular formula is C13H24N2O2. The van der Waals surface area contributed by atoms with Gasteiger partial charge < -0.3 is 15.8 Å². The maximum Gasteiger partial charge on any atom is 0.220 e. The summed E-state index contributed by atoms with van der Waals surface area (Å²) in [4.78, 5) is 11.4. The molecule has 2 saturated carbocycles. The van der Waals surface area contributed by atoms with Gasteiger partial charge in [-0.15, -0.1) is 0 Å². The molecule has 2 aliphatic carbocycles. The van der Waals surface area contributed by atoms with Crippen molar-refractivity contribution >= 4 is 5.91 Å². The van der Waals surface area contributed by atoms with Gasteiger partial charge in [0.1, 0.15) is 0 Å². The molecule has 0 aromatic heterocycles. The van der Waals surface area contributed by atoms with Crippen LogP contribution in [0.5, 0.6) is 0 Å². The van der Waals surface area contributed by atoms with E-state index in [1.807, 2.05) is 0 Å². The van der Waals surface area contributed by atoms with Crippen molar-refractivity contribution in [2.45, 2.75) is 57.1 Å². The predicted molar refractivity (Wildman–Crippen MR) is 66.5 cm³/mol. The Morgan fingerprint density at radius 3 is 2.53 bits per heavy atom. The van der Waals surface area contributed by atoms with Crippen LogP contribution >= 0.6 is 0 Å². The summed E-state index contributed by atoms with van der Waals surface area (Å²) in [5.74, 6) is 0.845.